The Hall–Kier alpha value is -1.92. The standard InChI is InChI=1S/C8H9NO2.C7H15NO2/c9-7(8(10)11)6-4-2-1-3-5-6;1-7(2,3)4-5(8)6(9)10/h1-5,7H,9H2,(H,10,11);5H,4,8H2,1-3H3,(H,9,10)/t;5-/m.0/s1. The quantitative estimate of drug-likeness (QED) is 0.668. The third-order valence-electron chi connectivity index (χ3n) is 2.57. The van der Waals surface area contributed by atoms with E-state index in [1.165, 1.54) is 0 Å². The summed E-state index contributed by atoms with van der Waals surface area (Å²) in [4.78, 5) is 20.6. The summed E-state index contributed by atoms with van der Waals surface area (Å²) in [6.07, 6.45) is 0.516. The van der Waals surface area contributed by atoms with Crippen LogP contribution in [-0.4, -0.2) is 28.2 Å². The van der Waals surface area contributed by atoms with Crippen molar-refractivity contribution >= 4 is 11.9 Å². The van der Waals surface area contributed by atoms with Crippen molar-refractivity contribution < 1.29 is 19.8 Å². The lowest BCUT2D eigenvalue weighted by atomic mass is 9.88. The molecule has 0 aliphatic heterocycles. The number of nitrogens with two attached hydrogens (primary N) is 2. The zero-order valence-electron chi connectivity index (χ0n) is 12.6. The van der Waals surface area contributed by atoms with E-state index in [1.54, 1.807) is 24.3 Å². The van der Waals surface area contributed by atoms with Crippen LogP contribution in [0.3, 0.4) is 0 Å². The summed E-state index contributed by atoms with van der Waals surface area (Å²) in [5.74, 6) is -1.92. The van der Waals surface area contributed by atoms with Gasteiger partial charge in [0, 0.05) is 0 Å². The molecule has 1 unspecified atom stereocenters. The number of hydrogen-bond donors (Lipinski definition) is 4. The van der Waals surface area contributed by atoms with Crippen LogP contribution in [-0.2, 0) is 9.59 Å². The minimum atomic E-state index is -1.00. The van der Waals surface area contributed by atoms with Crippen LogP contribution in [0.15, 0.2) is 30.3 Å². The second-order valence-electron chi connectivity index (χ2n) is 5.94. The average molecular weight is 296 g/mol. The van der Waals surface area contributed by atoms with Crippen LogP contribution in [0.2, 0.25) is 0 Å². The molecule has 0 spiro atoms. The highest BCUT2D eigenvalue weighted by Gasteiger charge is 2.20. The van der Waals surface area contributed by atoms with Crippen molar-refractivity contribution in [1.82, 2.24) is 0 Å². The first-order chi connectivity index (χ1) is 9.54. The highest BCUT2D eigenvalue weighted by Crippen LogP contribution is 2.19. The van der Waals surface area contributed by atoms with Gasteiger partial charge in [-0.3, -0.25) is 9.59 Å². The maximum absolute atomic E-state index is 10.4. The SMILES string of the molecule is CC(C)(C)C[C@H](N)C(=O)O.NC(C(=O)O)c1ccccc1. The molecule has 6 nitrogen and oxygen atoms in total. The smallest absolute Gasteiger partial charge is 0.325 e. The van der Waals surface area contributed by atoms with Gasteiger partial charge in [0.05, 0.1) is 0 Å². The summed E-state index contributed by atoms with van der Waals surface area (Å²) in [6, 6.07) is 7.10. The lowest BCUT2D eigenvalue weighted by molar-refractivity contribution is -0.139. The lowest BCUT2D eigenvalue weighted by Gasteiger charge is -2.20. The van der Waals surface area contributed by atoms with Gasteiger partial charge in [0.2, 0.25) is 0 Å². The number of carboxylic acids is 2. The van der Waals surface area contributed by atoms with Crippen LogP contribution >= 0.6 is 0 Å². The van der Waals surface area contributed by atoms with Crippen LogP contribution in [0.1, 0.15) is 38.8 Å². The van der Waals surface area contributed by atoms with Crippen LogP contribution in [0.4, 0.5) is 0 Å². The van der Waals surface area contributed by atoms with E-state index in [-0.39, 0.29) is 5.41 Å². The molecule has 0 heterocycles. The van der Waals surface area contributed by atoms with Crippen LogP contribution < -0.4 is 11.5 Å². The first-order valence-corrected chi connectivity index (χ1v) is 6.56. The Bertz CT molecular complexity index is 454. The van der Waals surface area contributed by atoms with Crippen molar-refractivity contribution in [2.45, 2.75) is 39.3 Å². The molecule has 0 saturated carbocycles. The van der Waals surface area contributed by atoms with Gasteiger partial charge in [-0.1, -0.05) is 51.1 Å². The van der Waals surface area contributed by atoms with E-state index in [1.807, 2.05) is 26.8 Å². The lowest BCUT2D eigenvalue weighted by Crippen LogP contribution is -2.34. The molecule has 118 valence electrons. The summed E-state index contributed by atoms with van der Waals surface area (Å²) >= 11 is 0. The molecule has 0 saturated heterocycles. The maximum atomic E-state index is 10.4. The maximum Gasteiger partial charge on any atom is 0.325 e. The fraction of sp³-hybridized carbons (Fsp3) is 0.467. The highest BCUT2D eigenvalue weighted by molar-refractivity contribution is 5.75. The van der Waals surface area contributed by atoms with Crippen molar-refractivity contribution in [1.29, 1.82) is 0 Å². The first-order valence-electron chi connectivity index (χ1n) is 6.56. The fourth-order valence-corrected chi connectivity index (χ4v) is 1.55. The molecule has 0 fully saturated rings. The minimum Gasteiger partial charge on any atom is -0.480 e. The molecular formula is C15H24N2O4. The molecule has 6 heteroatoms. The van der Waals surface area contributed by atoms with Crippen molar-refractivity contribution in [2.75, 3.05) is 0 Å². The molecule has 6 N–H and O–H groups in total. The van der Waals surface area contributed by atoms with E-state index < -0.39 is 24.0 Å². The van der Waals surface area contributed by atoms with Crippen molar-refractivity contribution in [2.24, 2.45) is 16.9 Å². The largest absolute Gasteiger partial charge is 0.480 e. The Balaban J connectivity index is 0.000000384. The molecule has 1 aromatic rings. The van der Waals surface area contributed by atoms with Gasteiger partial charge in [-0.2, -0.15) is 0 Å². The minimum absolute atomic E-state index is 0.00218. The van der Waals surface area contributed by atoms with E-state index in [2.05, 4.69) is 0 Å². The number of carbonyl (C=O) groups is 2. The number of benzene rings is 1. The molecule has 0 bridgehead atoms. The predicted octanol–water partition coefficient (Wildman–Crippen LogP) is 1.61. The van der Waals surface area contributed by atoms with Gasteiger partial charge >= 0.3 is 11.9 Å². The van der Waals surface area contributed by atoms with Gasteiger partial charge in [-0.15, -0.1) is 0 Å². The zero-order chi connectivity index (χ0) is 16.6. The third-order valence-corrected chi connectivity index (χ3v) is 2.57. The highest BCUT2D eigenvalue weighted by atomic mass is 16.4. The monoisotopic (exact) mass is 296 g/mol. The summed E-state index contributed by atoms with van der Waals surface area (Å²) in [7, 11) is 0. The van der Waals surface area contributed by atoms with Gasteiger partial charge < -0.3 is 21.7 Å². The molecule has 0 aliphatic rings. The van der Waals surface area contributed by atoms with Gasteiger partial charge in [0.15, 0.2) is 0 Å². The van der Waals surface area contributed by atoms with Gasteiger partial charge in [-0.25, -0.2) is 0 Å². The number of hydrogen-bond acceptors (Lipinski definition) is 4. The van der Waals surface area contributed by atoms with Crippen molar-refractivity contribution in [3.8, 4) is 0 Å². The van der Waals surface area contributed by atoms with E-state index in [0.29, 0.717) is 12.0 Å². The number of carboxylic acid groups (broad SMARTS) is 2. The van der Waals surface area contributed by atoms with Crippen LogP contribution in [0, 0.1) is 5.41 Å². The van der Waals surface area contributed by atoms with Gasteiger partial charge in [0.1, 0.15) is 12.1 Å². The summed E-state index contributed by atoms with van der Waals surface area (Å²) in [5.41, 5.74) is 11.3. The number of rotatable bonds is 4. The number of aliphatic carboxylic acids is 2. The Labute approximate surface area is 124 Å². The Morgan fingerprint density at radius 2 is 1.52 bits per heavy atom. The third kappa shape index (κ3) is 8.78. The molecular weight excluding hydrogens is 272 g/mol. The van der Waals surface area contributed by atoms with Crippen molar-refractivity contribution in [3.05, 3.63) is 35.9 Å². The molecule has 1 rings (SSSR count). The normalized spacial score (nSPS) is 13.6. The topological polar surface area (TPSA) is 127 Å². The van der Waals surface area contributed by atoms with Crippen molar-refractivity contribution in [3.63, 3.8) is 0 Å². The molecule has 0 aromatic heterocycles. The van der Waals surface area contributed by atoms with Gasteiger partial charge in [0.25, 0.3) is 0 Å². The Kier molecular flexibility index (Phi) is 7.62. The molecule has 21 heavy (non-hydrogen) atoms. The second-order valence-corrected chi connectivity index (χ2v) is 5.94. The zero-order valence-corrected chi connectivity index (χ0v) is 12.6. The summed E-state index contributed by atoms with van der Waals surface area (Å²) in [6.45, 7) is 5.90. The van der Waals surface area contributed by atoms with E-state index in [4.69, 9.17) is 21.7 Å². The van der Waals surface area contributed by atoms with E-state index in [9.17, 15) is 9.59 Å². The Morgan fingerprint density at radius 3 is 1.81 bits per heavy atom. The fourth-order valence-electron chi connectivity index (χ4n) is 1.55. The molecule has 0 radical (unpaired) electrons. The summed E-state index contributed by atoms with van der Waals surface area (Å²) < 4.78 is 0. The van der Waals surface area contributed by atoms with Crippen LogP contribution in [0.25, 0.3) is 0 Å². The first kappa shape index (κ1) is 19.1. The van der Waals surface area contributed by atoms with E-state index >= 15 is 0 Å². The molecule has 0 amide bonds. The average Bonchev–Trinajstić information content (AvgIpc) is 2.37. The second kappa shape index (κ2) is 8.39. The van der Waals surface area contributed by atoms with Gasteiger partial charge in [-0.05, 0) is 17.4 Å². The van der Waals surface area contributed by atoms with Crippen LogP contribution in [0.5, 0.6) is 0 Å². The summed E-state index contributed by atoms with van der Waals surface area (Å²) in [5, 5.41) is 16.9. The molecule has 0 aliphatic carbocycles. The predicted molar refractivity (Wildman–Crippen MR) is 80.7 cm³/mol. The molecule has 2 atom stereocenters. The van der Waals surface area contributed by atoms with E-state index in [0.717, 1.165) is 0 Å². The molecule has 1 aromatic carbocycles. The Morgan fingerprint density at radius 1 is 1.05 bits per heavy atom.